The van der Waals surface area contributed by atoms with E-state index < -0.39 is 21.4 Å². The van der Waals surface area contributed by atoms with Gasteiger partial charge in [0.05, 0.1) is 23.3 Å². The molecule has 0 aliphatic heterocycles. The summed E-state index contributed by atoms with van der Waals surface area (Å²) in [5, 5.41) is 0. The van der Waals surface area contributed by atoms with Crippen molar-refractivity contribution in [3.63, 3.8) is 0 Å². The van der Waals surface area contributed by atoms with Crippen LogP contribution in [0.3, 0.4) is 0 Å². The first-order valence-electron chi connectivity index (χ1n) is 4.94. The minimum absolute atomic E-state index is 0.106. The van der Waals surface area contributed by atoms with Gasteiger partial charge in [-0.25, -0.2) is 8.42 Å². The summed E-state index contributed by atoms with van der Waals surface area (Å²) in [4.78, 5) is 3.88. The molecule has 96 valence electrons. The number of halogens is 1. The minimum atomic E-state index is -3.57. The van der Waals surface area contributed by atoms with E-state index in [1.807, 2.05) is 0 Å². The first-order valence-corrected chi connectivity index (χ1v) is 8.62. The molecule has 1 rings (SSSR count). The van der Waals surface area contributed by atoms with Crippen molar-refractivity contribution in [1.82, 2.24) is 4.98 Å². The van der Waals surface area contributed by atoms with Crippen molar-refractivity contribution in [1.29, 1.82) is 0 Å². The molecule has 1 aromatic heterocycles. The van der Waals surface area contributed by atoms with Crippen LogP contribution >= 0.6 is 15.9 Å². The third kappa shape index (κ3) is 3.57. The highest BCUT2D eigenvalue weighted by Gasteiger charge is 2.31. The molecule has 1 heterocycles. The van der Waals surface area contributed by atoms with Crippen LogP contribution in [0.15, 0.2) is 22.9 Å². The average molecular weight is 341 g/mol. The zero-order valence-electron chi connectivity index (χ0n) is 9.46. The van der Waals surface area contributed by atoms with Gasteiger partial charge in [-0.1, -0.05) is 3.71 Å². The first-order chi connectivity index (χ1) is 7.92. The van der Waals surface area contributed by atoms with Gasteiger partial charge in [0, 0.05) is 10.7 Å². The van der Waals surface area contributed by atoms with E-state index in [9.17, 15) is 13.0 Å². The molecule has 0 fully saturated rings. The summed E-state index contributed by atoms with van der Waals surface area (Å²) < 4.78 is 37.2. The highest BCUT2D eigenvalue weighted by molar-refractivity contribution is 9.10. The van der Waals surface area contributed by atoms with Crippen molar-refractivity contribution in [3.05, 3.63) is 22.9 Å². The predicted octanol–water partition coefficient (Wildman–Crippen LogP) is 1.68. The third-order valence-corrected chi connectivity index (χ3v) is 6.08. The summed E-state index contributed by atoms with van der Waals surface area (Å²) in [6, 6.07) is 1.58. The van der Waals surface area contributed by atoms with Crippen molar-refractivity contribution >= 4 is 43.0 Å². The Bertz CT molecular complexity index is 481. The van der Waals surface area contributed by atoms with E-state index in [1.54, 1.807) is 13.0 Å². The molecule has 8 heteroatoms. The molecule has 0 aromatic carbocycles. The number of hydrogen-bond acceptors (Lipinski definition) is 4. The van der Waals surface area contributed by atoms with Gasteiger partial charge in [-0.15, -0.1) is 0 Å². The van der Waals surface area contributed by atoms with E-state index >= 15 is 0 Å². The largest absolute Gasteiger partial charge is 0.592 e. The summed E-state index contributed by atoms with van der Waals surface area (Å²) in [5.41, 5.74) is 0.307. The van der Waals surface area contributed by atoms with Gasteiger partial charge in [-0.2, -0.15) is 0 Å². The van der Waals surface area contributed by atoms with Gasteiger partial charge in [0.25, 0.3) is 10.0 Å². The molecule has 0 aliphatic carbocycles. The van der Waals surface area contributed by atoms with Gasteiger partial charge < -0.3 is 4.55 Å². The Morgan fingerprint density at radius 1 is 1.47 bits per heavy atom. The van der Waals surface area contributed by atoms with Gasteiger partial charge >= 0.3 is 0 Å². The second-order valence-electron chi connectivity index (χ2n) is 3.10. The maximum atomic E-state index is 11.9. The summed E-state index contributed by atoms with van der Waals surface area (Å²) in [7, 11) is -3.57. The summed E-state index contributed by atoms with van der Waals surface area (Å²) in [6.45, 7) is 3.18. The summed E-state index contributed by atoms with van der Waals surface area (Å²) in [6.07, 6.45) is 2.92. The molecule has 1 unspecified atom stereocenters. The molecule has 0 radical (unpaired) electrons. The summed E-state index contributed by atoms with van der Waals surface area (Å²) >= 11 is 1.60. The smallest absolute Gasteiger partial charge is 0.273 e. The number of rotatable bonds is 5. The number of aromatic nitrogens is 1. The molecule has 1 atom stereocenters. The maximum Gasteiger partial charge on any atom is 0.273 e. The summed E-state index contributed by atoms with van der Waals surface area (Å²) in [5.74, 6) is 0.122. The number of nitrogens with zero attached hydrogens (tertiary/aromatic N) is 2. The fourth-order valence-corrected chi connectivity index (χ4v) is 4.36. The number of anilines is 1. The van der Waals surface area contributed by atoms with Crippen LogP contribution in [0, 0.1) is 0 Å². The Morgan fingerprint density at radius 2 is 2.12 bits per heavy atom. The maximum absolute atomic E-state index is 11.9. The molecule has 0 amide bonds. The lowest BCUT2D eigenvalue weighted by molar-refractivity contribution is 0.584. The van der Waals surface area contributed by atoms with Crippen LogP contribution in [0.5, 0.6) is 0 Å². The van der Waals surface area contributed by atoms with Gasteiger partial charge in [0.2, 0.25) is 0 Å². The van der Waals surface area contributed by atoms with Crippen LogP contribution < -0.4 is 3.71 Å². The number of pyridine rings is 1. The van der Waals surface area contributed by atoms with Crippen molar-refractivity contribution in [2.24, 2.45) is 0 Å². The van der Waals surface area contributed by atoms with Crippen LogP contribution in [0.4, 0.5) is 5.69 Å². The lowest BCUT2D eigenvalue weighted by Crippen LogP contribution is -2.39. The topological polar surface area (TPSA) is 73.3 Å². The van der Waals surface area contributed by atoms with Gasteiger partial charge in [0.1, 0.15) is 11.4 Å². The van der Waals surface area contributed by atoms with Gasteiger partial charge in [-0.05, 0) is 35.8 Å². The van der Waals surface area contributed by atoms with Crippen molar-refractivity contribution in [2.75, 3.05) is 15.2 Å². The monoisotopic (exact) mass is 340 g/mol. The van der Waals surface area contributed by atoms with E-state index in [-0.39, 0.29) is 11.5 Å². The Labute approximate surface area is 113 Å². The fourth-order valence-electron chi connectivity index (χ4n) is 1.14. The van der Waals surface area contributed by atoms with Crippen molar-refractivity contribution < 1.29 is 13.0 Å². The standard InChI is InChI=1S/C9H13BrN2O3S2/c1-3-16(13)12(17(14,15)4-2)9-5-8(10)6-11-7-9/h5-7H,3-4H2,1-2H3. The highest BCUT2D eigenvalue weighted by Crippen LogP contribution is 2.24. The second-order valence-corrected chi connectivity index (χ2v) is 7.94. The molecule has 0 saturated carbocycles. The van der Waals surface area contributed by atoms with E-state index in [0.29, 0.717) is 10.2 Å². The Kier molecular flexibility index (Phi) is 5.23. The highest BCUT2D eigenvalue weighted by atomic mass is 79.9. The predicted molar refractivity (Wildman–Crippen MR) is 72.6 cm³/mol. The van der Waals surface area contributed by atoms with Gasteiger partial charge in [0.15, 0.2) is 0 Å². The van der Waals surface area contributed by atoms with Crippen LogP contribution in [-0.2, 0) is 21.4 Å². The number of hydrogen-bond donors (Lipinski definition) is 0. The lowest BCUT2D eigenvalue weighted by atomic mass is 10.4. The van der Waals surface area contributed by atoms with E-state index in [2.05, 4.69) is 20.9 Å². The Hall–Kier alpha value is -0.310. The zero-order valence-corrected chi connectivity index (χ0v) is 12.7. The van der Waals surface area contributed by atoms with Crippen molar-refractivity contribution in [2.45, 2.75) is 13.8 Å². The Morgan fingerprint density at radius 3 is 2.59 bits per heavy atom. The lowest BCUT2D eigenvalue weighted by Gasteiger charge is -2.23. The Balaban J connectivity index is 3.25. The molecule has 0 saturated heterocycles. The molecule has 5 nitrogen and oxygen atoms in total. The van der Waals surface area contributed by atoms with Gasteiger partial charge in [-0.3, -0.25) is 4.98 Å². The first kappa shape index (κ1) is 14.7. The van der Waals surface area contributed by atoms with Crippen LogP contribution in [0.1, 0.15) is 13.8 Å². The van der Waals surface area contributed by atoms with E-state index in [4.69, 9.17) is 0 Å². The molecule has 1 aromatic rings. The quantitative estimate of drug-likeness (QED) is 0.764. The third-order valence-electron chi connectivity index (χ3n) is 1.95. The SMILES string of the molecule is CC[S+]([O-])N(c1cncc(Br)c1)S(=O)(=O)CC. The van der Waals surface area contributed by atoms with Crippen molar-refractivity contribution in [3.8, 4) is 0 Å². The zero-order chi connectivity index (χ0) is 13.1. The molecular formula is C9H13BrN2O3S2. The molecule has 0 bridgehead atoms. The average Bonchev–Trinajstić information content (AvgIpc) is 2.29. The molecule has 0 aliphatic rings. The van der Waals surface area contributed by atoms with E-state index in [0.717, 1.165) is 3.71 Å². The molecular weight excluding hydrogens is 328 g/mol. The van der Waals surface area contributed by atoms with E-state index in [1.165, 1.54) is 19.3 Å². The fraction of sp³-hybridized carbons (Fsp3) is 0.444. The van der Waals surface area contributed by atoms with Crippen LogP contribution in [-0.4, -0.2) is 29.5 Å². The normalized spacial score (nSPS) is 13.4. The molecule has 0 spiro atoms. The van der Waals surface area contributed by atoms with Crippen LogP contribution in [0.25, 0.3) is 0 Å². The molecule has 0 N–H and O–H groups in total. The minimum Gasteiger partial charge on any atom is -0.592 e. The second kappa shape index (κ2) is 6.03. The number of sulfonamides is 1. The molecule has 17 heavy (non-hydrogen) atoms. The van der Waals surface area contributed by atoms with Crippen LogP contribution in [0.2, 0.25) is 0 Å².